The van der Waals surface area contributed by atoms with Crippen molar-refractivity contribution in [3.8, 4) is 0 Å². The van der Waals surface area contributed by atoms with Gasteiger partial charge in [0.2, 0.25) is 0 Å². The molecule has 0 spiro atoms. The van der Waals surface area contributed by atoms with Crippen LogP contribution in [0.3, 0.4) is 0 Å². The molecule has 0 amide bonds. The molecule has 2 rings (SSSR count). The van der Waals surface area contributed by atoms with E-state index in [0.717, 1.165) is 27.3 Å². The fraction of sp³-hybridized carbons (Fsp3) is 0.286. The van der Waals surface area contributed by atoms with E-state index in [2.05, 4.69) is 28.2 Å². The molecule has 1 nitrogen and oxygen atoms in total. The Bertz CT molecular complexity index is 558. The van der Waals surface area contributed by atoms with Gasteiger partial charge in [0.1, 0.15) is 5.82 Å². The average molecular weight is 363 g/mol. The van der Waals surface area contributed by atoms with Crippen molar-refractivity contribution in [2.75, 3.05) is 6.54 Å². The highest BCUT2D eigenvalue weighted by Crippen LogP contribution is 2.30. The zero-order valence-corrected chi connectivity index (χ0v) is 13.6. The highest BCUT2D eigenvalue weighted by Gasteiger charge is 2.15. The van der Waals surface area contributed by atoms with Gasteiger partial charge in [-0.3, -0.25) is 0 Å². The fourth-order valence-corrected chi connectivity index (χ4v) is 3.59. The summed E-state index contributed by atoms with van der Waals surface area (Å²) >= 11 is 11.0. The molecule has 1 aromatic heterocycles. The molecule has 0 aliphatic carbocycles. The maximum Gasteiger partial charge on any atom is 0.124 e. The van der Waals surface area contributed by atoms with Crippen molar-refractivity contribution >= 4 is 38.9 Å². The average Bonchev–Trinajstić information content (AvgIpc) is 2.78. The molecule has 1 atom stereocenters. The minimum atomic E-state index is -0.227. The van der Waals surface area contributed by atoms with Crippen LogP contribution >= 0.6 is 38.9 Å². The van der Waals surface area contributed by atoms with Crippen molar-refractivity contribution < 1.29 is 4.39 Å². The molecule has 0 aliphatic heterocycles. The summed E-state index contributed by atoms with van der Waals surface area (Å²) in [6.45, 7) is 2.95. The lowest BCUT2D eigenvalue weighted by molar-refractivity contribution is 0.556. The smallest absolute Gasteiger partial charge is 0.124 e. The summed E-state index contributed by atoms with van der Waals surface area (Å²) in [4.78, 5) is 1.20. The van der Waals surface area contributed by atoms with Gasteiger partial charge in [-0.2, -0.15) is 0 Å². The second kappa shape index (κ2) is 6.84. The van der Waals surface area contributed by atoms with Crippen molar-refractivity contribution in [3.63, 3.8) is 0 Å². The molecule has 0 fully saturated rings. The Kier molecular flexibility index (Phi) is 5.39. The third kappa shape index (κ3) is 4.02. The molecule has 1 N–H and O–H groups in total. The van der Waals surface area contributed by atoms with Crippen molar-refractivity contribution in [3.05, 3.63) is 55.4 Å². The van der Waals surface area contributed by atoms with Crippen molar-refractivity contribution in [2.45, 2.75) is 19.4 Å². The Balaban J connectivity index is 2.21. The fourth-order valence-electron chi connectivity index (χ4n) is 1.94. The molecule has 1 unspecified atom stereocenters. The van der Waals surface area contributed by atoms with E-state index in [0.29, 0.717) is 0 Å². The largest absolute Gasteiger partial charge is 0.309 e. The number of benzene rings is 1. The molecule has 0 saturated carbocycles. The standard InChI is InChI=1S/C14H14BrClFNS/c1-2-18-12(13-5-6-14(16)19-13)7-9-3-4-10(17)8-11(9)15/h3-6,8,12,18H,2,7H2,1H3. The van der Waals surface area contributed by atoms with E-state index < -0.39 is 0 Å². The van der Waals surface area contributed by atoms with E-state index in [1.807, 2.05) is 18.2 Å². The second-order valence-electron chi connectivity index (χ2n) is 4.19. The number of rotatable bonds is 5. The van der Waals surface area contributed by atoms with Crippen LogP contribution in [0.15, 0.2) is 34.8 Å². The lowest BCUT2D eigenvalue weighted by Gasteiger charge is -2.17. The molecule has 5 heteroatoms. The van der Waals surface area contributed by atoms with Crippen molar-refractivity contribution in [2.24, 2.45) is 0 Å². The van der Waals surface area contributed by atoms with Crippen LogP contribution in [0.4, 0.5) is 4.39 Å². The lowest BCUT2D eigenvalue weighted by Crippen LogP contribution is -2.22. The van der Waals surface area contributed by atoms with Gasteiger partial charge in [-0.05, 0) is 42.8 Å². The molecule has 0 saturated heterocycles. The molecule has 1 heterocycles. The Hall–Kier alpha value is -0.420. The van der Waals surface area contributed by atoms with Crippen LogP contribution in [0.1, 0.15) is 23.4 Å². The quantitative estimate of drug-likeness (QED) is 0.771. The summed E-state index contributed by atoms with van der Waals surface area (Å²) in [5.41, 5.74) is 1.08. The highest BCUT2D eigenvalue weighted by atomic mass is 79.9. The number of halogens is 3. The van der Waals surface area contributed by atoms with Gasteiger partial charge in [0.15, 0.2) is 0 Å². The van der Waals surface area contributed by atoms with Crippen LogP contribution < -0.4 is 5.32 Å². The Morgan fingerprint density at radius 2 is 2.16 bits per heavy atom. The highest BCUT2D eigenvalue weighted by molar-refractivity contribution is 9.10. The van der Waals surface area contributed by atoms with E-state index >= 15 is 0 Å². The predicted octanol–water partition coefficient (Wildman–Crippen LogP) is 5.20. The van der Waals surface area contributed by atoms with E-state index in [4.69, 9.17) is 11.6 Å². The summed E-state index contributed by atoms with van der Waals surface area (Å²) < 4.78 is 14.7. The number of thiophene rings is 1. The number of likely N-dealkylation sites (N-methyl/N-ethyl adjacent to an activating group) is 1. The third-order valence-corrected chi connectivity index (χ3v) is 4.91. The monoisotopic (exact) mass is 361 g/mol. The Labute approximate surface area is 129 Å². The van der Waals surface area contributed by atoms with Gasteiger partial charge < -0.3 is 5.32 Å². The zero-order valence-electron chi connectivity index (χ0n) is 10.4. The lowest BCUT2D eigenvalue weighted by atomic mass is 10.0. The van der Waals surface area contributed by atoms with Gasteiger partial charge >= 0.3 is 0 Å². The molecular formula is C14H14BrClFNS. The first kappa shape index (κ1) is 15.0. The van der Waals surface area contributed by atoms with Crippen LogP contribution in [-0.4, -0.2) is 6.54 Å². The summed E-state index contributed by atoms with van der Waals surface area (Å²) in [7, 11) is 0. The first-order chi connectivity index (χ1) is 9.10. The maximum atomic E-state index is 13.1. The SMILES string of the molecule is CCNC(Cc1ccc(F)cc1Br)c1ccc(Cl)s1. The van der Waals surface area contributed by atoms with Gasteiger partial charge in [0.25, 0.3) is 0 Å². The molecular weight excluding hydrogens is 349 g/mol. The molecule has 1 aromatic carbocycles. The van der Waals surface area contributed by atoms with Crippen LogP contribution in [0.25, 0.3) is 0 Å². The molecule has 19 heavy (non-hydrogen) atoms. The predicted molar refractivity (Wildman–Crippen MR) is 83.6 cm³/mol. The van der Waals surface area contributed by atoms with Gasteiger partial charge in [0, 0.05) is 15.4 Å². The Morgan fingerprint density at radius 1 is 1.37 bits per heavy atom. The first-order valence-electron chi connectivity index (χ1n) is 6.02. The van der Waals surface area contributed by atoms with Crippen LogP contribution in [0.2, 0.25) is 4.34 Å². The molecule has 102 valence electrons. The summed E-state index contributed by atoms with van der Waals surface area (Å²) in [5, 5.41) is 3.44. The van der Waals surface area contributed by atoms with Gasteiger partial charge in [-0.1, -0.05) is 40.5 Å². The minimum absolute atomic E-state index is 0.198. The molecule has 0 radical (unpaired) electrons. The van der Waals surface area contributed by atoms with E-state index in [1.165, 1.54) is 17.0 Å². The molecule has 0 bridgehead atoms. The van der Waals surface area contributed by atoms with Crippen LogP contribution in [0, 0.1) is 5.82 Å². The van der Waals surface area contributed by atoms with Gasteiger partial charge in [-0.15, -0.1) is 11.3 Å². The van der Waals surface area contributed by atoms with Crippen LogP contribution in [0.5, 0.6) is 0 Å². The second-order valence-corrected chi connectivity index (χ2v) is 6.79. The van der Waals surface area contributed by atoms with Gasteiger partial charge in [0.05, 0.1) is 4.34 Å². The van der Waals surface area contributed by atoms with E-state index in [-0.39, 0.29) is 11.9 Å². The number of hydrogen-bond donors (Lipinski definition) is 1. The minimum Gasteiger partial charge on any atom is -0.309 e. The summed E-state index contributed by atoms with van der Waals surface area (Å²) in [5.74, 6) is -0.227. The number of hydrogen-bond acceptors (Lipinski definition) is 2. The van der Waals surface area contributed by atoms with E-state index in [9.17, 15) is 4.39 Å². The van der Waals surface area contributed by atoms with Crippen molar-refractivity contribution in [1.29, 1.82) is 0 Å². The first-order valence-corrected chi connectivity index (χ1v) is 8.01. The van der Waals surface area contributed by atoms with Gasteiger partial charge in [-0.25, -0.2) is 4.39 Å². The van der Waals surface area contributed by atoms with Crippen molar-refractivity contribution in [1.82, 2.24) is 5.32 Å². The maximum absolute atomic E-state index is 13.1. The van der Waals surface area contributed by atoms with Crippen LogP contribution in [-0.2, 0) is 6.42 Å². The van der Waals surface area contributed by atoms with E-state index in [1.54, 1.807) is 11.3 Å². The third-order valence-electron chi connectivity index (χ3n) is 2.83. The molecule has 0 aliphatic rings. The topological polar surface area (TPSA) is 12.0 Å². The summed E-state index contributed by atoms with van der Waals surface area (Å²) in [6, 6.07) is 8.95. The number of nitrogens with one attached hydrogen (secondary N) is 1. The normalized spacial score (nSPS) is 12.6. The molecule has 2 aromatic rings. The summed E-state index contributed by atoms with van der Waals surface area (Å²) in [6.07, 6.45) is 0.797. The Morgan fingerprint density at radius 3 is 2.74 bits per heavy atom. The zero-order chi connectivity index (χ0) is 13.8.